The fraction of sp³-hybridized carbons (Fsp3) is 0.182. The molecule has 18 heavy (non-hydrogen) atoms. The zero-order valence-electron chi connectivity index (χ0n) is 9.34. The zero-order valence-corrected chi connectivity index (χ0v) is 11.7. The molecule has 0 spiro atoms. The van der Waals surface area contributed by atoms with Crippen molar-refractivity contribution < 1.29 is 4.79 Å². The van der Waals surface area contributed by atoms with Crippen LogP contribution >= 0.6 is 27.7 Å². The van der Waals surface area contributed by atoms with Gasteiger partial charge in [0.25, 0.3) is 5.91 Å². The van der Waals surface area contributed by atoms with Crippen LogP contribution in [0, 0.1) is 0 Å². The summed E-state index contributed by atoms with van der Waals surface area (Å²) in [6.07, 6.45) is 0.615. The molecule has 2 rings (SSSR count). The van der Waals surface area contributed by atoms with Crippen molar-refractivity contribution in [2.45, 2.75) is 11.7 Å². The second kappa shape index (κ2) is 5.53. The number of hydrogen-bond donors (Lipinski definition) is 2. The molecule has 1 aliphatic heterocycles. The molecule has 0 saturated heterocycles. The number of aliphatic imine (C=N–C) groups is 2. The van der Waals surface area contributed by atoms with Crippen LogP contribution in [0.1, 0.15) is 5.56 Å². The van der Waals surface area contributed by atoms with Crippen LogP contribution in [-0.2, 0) is 11.2 Å². The summed E-state index contributed by atoms with van der Waals surface area (Å²) in [6.45, 7) is 0. The van der Waals surface area contributed by atoms with E-state index in [4.69, 9.17) is 11.5 Å². The number of benzene rings is 1. The number of guanidine groups is 1. The number of amides is 1. The van der Waals surface area contributed by atoms with Crippen LogP contribution < -0.4 is 11.5 Å². The summed E-state index contributed by atoms with van der Waals surface area (Å²) in [4.78, 5) is 19.3. The van der Waals surface area contributed by atoms with Gasteiger partial charge in [0.1, 0.15) is 0 Å². The maximum atomic E-state index is 11.7. The fourth-order valence-corrected chi connectivity index (χ4v) is 2.74. The van der Waals surface area contributed by atoms with Gasteiger partial charge in [0.2, 0.25) is 0 Å². The minimum absolute atomic E-state index is 0.0849. The summed E-state index contributed by atoms with van der Waals surface area (Å²) < 4.78 is 1.01. The van der Waals surface area contributed by atoms with Crippen molar-refractivity contribution in [2.75, 3.05) is 0 Å². The van der Waals surface area contributed by atoms with E-state index in [0.29, 0.717) is 11.6 Å². The van der Waals surface area contributed by atoms with E-state index < -0.39 is 0 Å². The Kier molecular flexibility index (Phi) is 4.03. The third-order valence-corrected chi connectivity index (χ3v) is 3.86. The number of hydrogen-bond acceptors (Lipinski definition) is 3. The number of carbonyl (C=O) groups excluding carboxylic acids is 1. The first-order valence-electron chi connectivity index (χ1n) is 5.18. The van der Waals surface area contributed by atoms with Crippen molar-refractivity contribution in [1.82, 2.24) is 0 Å². The summed E-state index contributed by atoms with van der Waals surface area (Å²) in [6, 6.07) is 7.82. The number of amidine groups is 1. The Morgan fingerprint density at radius 1 is 1.39 bits per heavy atom. The Labute approximate surface area is 117 Å². The molecule has 7 heteroatoms. The van der Waals surface area contributed by atoms with Crippen LogP contribution in [0.3, 0.4) is 0 Å². The summed E-state index contributed by atoms with van der Waals surface area (Å²) in [7, 11) is 0. The molecule has 1 unspecified atom stereocenters. The standard InChI is InChI=1S/C11H11BrN4OS/c12-7-3-1-6(2-4-7)5-8-9(17)15-11(18-8)16-10(13)14/h1-4,8H,5H2,(H4,13,14,15,16,17). The van der Waals surface area contributed by atoms with Gasteiger partial charge < -0.3 is 11.5 Å². The Balaban J connectivity index is 2.03. The van der Waals surface area contributed by atoms with Crippen LogP contribution in [0.4, 0.5) is 0 Å². The third-order valence-electron chi connectivity index (χ3n) is 2.29. The van der Waals surface area contributed by atoms with Gasteiger partial charge in [0.15, 0.2) is 11.1 Å². The van der Waals surface area contributed by atoms with E-state index in [0.717, 1.165) is 10.0 Å². The van der Waals surface area contributed by atoms with Crippen molar-refractivity contribution in [3.05, 3.63) is 34.3 Å². The molecule has 1 atom stereocenters. The van der Waals surface area contributed by atoms with Gasteiger partial charge in [-0.25, -0.2) is 0 Å². The Hall–Kier alpha value is -1.34. The van der Waals surface area contributed by atoms with E-state index in [1.54, 1.807) is 0 Å². The second-order valence-corrected chi connectivity index (χ2v) is 5.79. The van der Waals surface area contributed by atoms with E-state index in [1.165, 1.54) is 11.8 Å². The number of rotatable bonds is 2. The topological polar surface area (TPSA) is 93.8 Å². The molecule has 1 heterocycles. The lowest BCUT2D eigenvalue weighted by atomic mass is 10.1. The van der Waals surface area contributed by atoms with Crippen molar-refractivity contribution in [3.8, 4) is 0 Å². The van der Waals surface area contributed by atoms with E-state index in [2.05, 4.69) is 25.9 Å². The summed E-state index contributed by atoms with van der Waals surface area (Å²) in [5, 5.41) is 0.0892. The highest BCUT2D eigenvalue weighted by Crippen LogP contribution is 2.26. The van der Waals surface area contributed by atoms with Gasteiger partial charge in [0, 0.05) is 4.47 Å². The Bertz CT molecular complexity index is 522. The molecule has 0 radical (unpaired) electrons. The fourth-order valence-electron chi connectivity index (χ4n) is 1.50. The van der Waals surface area contributed by atoms with Crippen molar-refractivity contribution in [1.29, 1.82) is 0 Å². The molecule has 1 aliphatic rings. The predicted octanol–water partition coefficient (Wildman–Crippen LogP) is 1.26. The largest absolute Gasteiger partial charge is 0.370 e. The zero-order chi connectivity index (χ0) is 13.1. The lowest BCUT2D eigenvalue weighted by Gasteiger charge is -2.06. The molecule has 0 aromatic heterocycles. The molecule has 0 saturated carbocycles. The van der Waals surface area contributed by atoms with E-state index in [1.807, 2.05) is 24.3 Å². The number of halogens is 1. The number of carbonyl (C=O) groups is 1. The summed E-state index contributed by atoms with van der Waals surface area (Å²) in [5.41, 5.74) is 11.6. The van der Waals surface area contributed by atoms with Crippen LogP contribution in [0.25, 0.3) is 0 Å². The van der Waals surface area contributed by atoms with Crippen LogP contribution in [-0.4, -0.2) is 22.3 Å². The van der Waals surface area contributed by atoms with E-state index in [-0.39, 0.29) is 17.1 Å². The third kappa shape index (κ3) is 3.33. The lowest BCUT2D eigenvalue weighted by Crippen LogP contribution is -2.23. The predicted molar refractivity (Wildman–Crippen MR) is 77.5 cm³/mol. The number of nitrogens with two attached hydrogens (primary N) is 2. The van der Waals surface area contributed by atoms with Crippen molar-refractivity contribution in [3.63, 3.8) is 0 Å². The van der Waals surface area contributed by atoms with Gasteiger partial charge in [-0.15, -0.1) is 0 Å². The highest BCUT2D eigenvalue weighted by atomic mass is 79.9. The molecule has 0 fully saturated rings. The highest BCUT2D eigenvalue weighted by molar-refractivity contribution is 9.10. The van der Waals surface area contributed by atoms with Gasteiger partial charge >= 0.3 is 0 Å². The smallest absolute Gasteiger partial charge is 0.262 e. The second-order valence-electron chi connectivity index (χ2n) is 3.71. The van der Waals surface area contributed by atoms with Gasteiger partial charge in [-0.3, -0.25) is 4.79 Å². The van der Waals surface area contributed by atoms with Gasteiger partial charge in [-0.1, -0.05) is 39.8 Å². The molecule has 1 aromatic carbocycles. The van der Waals surface area contributed by atoms with Gasteiger partial charge in [-0.05, 0) is 24.1 Å². The average Bonchev–Trinajstić information content (AvgIpc) is 2.61. The van der Waals surface area contributed by atoms with E-state index >= 15 is 0 Å². The molecular weight excluding hydrogens is 316 g/mol. The molecule has 0 aliphatic carbocycles. The summed E-state index contributed by atoms with van der Waals surface area (Å²) in [5.74, 6) is -0.277. The minimum Gasteiger partial charge on any atom is -0.370 e. The molecule has 94 valence electrons. The molecule has 4 N–H and O–H groups in total. The molecule has 1 amide bonds. The minimum atomic E-state index is -0.246. The van der Waals surface area contributed by atoms with Crippen LogP contribution in [0.2, 0.25) is 0 Å². The first-order valence-corrected chi connectivity index (χ1v) is 6.85. The SMILES string of the molecule is NC(N)=NC1=NC(=O)C(Cc2ccc(Br)cc2)S1. The number of thioether (sulfide) groups is 1. The summed E-state index contributed by atoms with van der Waals surface area (Å²) >= 11 is 4.65. The maximum Gasteiger partial charge on any atom is 0.262 e. The molecule has 0 bridgehead atoms. The first-order chi connectivity index (χ1) is 8.54. The first kappa shape index (κ1) is 13.1. The van der Waals surface area contributed by atoms with Crippen LogP contribution in [0.15, 0.2) is 38.7 Å². The molecular formula is C11H11BrN4OS. The monoisotopic (exact) mass is 326 g/mol. The van der Waals surface area contributed by atoms with Crippen molar-refractivity contribution >= 4 is 44.7 Å². The Morgan fingerprint density at radius 2 is 2.06 bits per heavy atom. The molecule has 5 nitrogen and oxygen atoms in total. The number of nitrogens with zero attached hydrogens (tertiary/aromatic N) is 2. The quantitative estimate of drug-likeness (QED) is 0.632. The van der Waals surface area contributed by atoms with Crippen molar-refractivity contribution in [2.24, 2.45) is 21.5 Å². The maximum absolute atomic E-state index is 11.7. The normalized spacial score (nSPS) is 18.6. The van der Waals surface area contributed by atoms with Crippen LogP contribution in [0.5, 0.6) is 0 Å². The van der Waals surface area contributed by atoms with E-state index in [9.17, 15) is 4.79 Å². The molecule has 1 aromatic rings. The lowest BCUT2D eigenvalue weighted by molar-refractivity contribution is -0.117. The van der Waals surface area contributed by atoms with Gasteiger partial charge in [-0.2, -0.15) is 9.98 Å². The highest BCUT2D eigenvalue weighted by Gasteiger charge is 2.28. The van der Waals surface area contributed by atoms with Gasteiger partial charge in [0.05, 0.1) is 5.25 Å². The average molecular weight is 327 g/mol. The Morgan fingerprint density at radius 3 is 2.67 bits per heavy atom.